The van der Waals surface area contributed by atoms with Crippen LogP contribution in [0.15, 0.2) is 27.6 Å². The predicted octanol–water partition coefficient (Wildman–Crippen LogP) is -0.788. The average molecular weight is 725 g/mol. The van der Waals surface area contributed by atoms with Crippen LogP contribution in [0.5, 0.6) is 0 Å². The highest BCUT2D eigenvalue weighted by molar-refractivity contribution is 5.64. The molecule has 3 heterocycles. The first-order valence-corrected chi connectivity index (χ1v) is 18.3. The molecule has 6 fully saturated rings. The van der Waals surface area contributed by atoms with E-state index in [0.717, 1.165) is 11.8 Å². The molecule has 6 aliphatic rings. The maximum atomic E-state index is 13.2. The van der Waals surface area contributed by atoms with Gasteiger partial charge in [-0.1, -0.05) is 6.92 Å². The molecular weight excluding hydrogens is 672 g/mol. The van der Waals surface area contributed by atoms with E-state index in [1.165, 1.54) is 12.3 Å². The number of hydrogen-bond donors (Lipinski definition) is 8. The minimum Gasteiger partial charge on any atom is -0.431 e. The molecule has 1 aromatic heterocycles. The number of carbonyl (C=O) groups excluding carboxylic acids is 1. The fourth-order valence-corrected chi connectivity index (χ4v) is 11.2. The SMILES string of the molecule is C[C@@H]1O[C@@H](O[C@H]2CC[C@]3(C=O)[C@H]4CC[C@]5(C)[C@@H](c6ccc(=O)oc6)CC[C@]5(O)[C@@H]4CC[C@]3(O)C2)[C@H](O)[C@H](O)[C@H]1O[C@@H]1O[C@H](CO)[C@@H](O)[C@H](O)[C@H]1O. The third kappa shape index (κ3) is 5.70. The van der Waals surface area contributed by atoms with Crippen molar-refractivity contribution in [3.63, 3.8) is 0 Å². The van der Waals surface area contributed by atoms with Gasteiger partial charge in [0.1, 0.15) is 49.0 Å². The topological polar surface area (TPSA) is 246 Å². The standard InChI is InChI=1S/C36H52O15/c1-17-30(51-32-28(43)26(41)25(40)23(14-37)50-32)27(42)29(44)31(48-17)49-19-5-10-34(16-38)21-6-9-33(2)20(18-3-4-24(39)47-15-18)8-12-36(33,46)22(21)7-11-35(34,45)13-19/h3-4,15-17,19-23,25-32,37,40-46H,5-14H2,1-2H3/t17-,19-,20+,21-,22+,23+,25+,26-,27-,28+,29+,30-,31-,32-,33+,34-,35-,36-/m0/s1. The van der Waals surface area contributed by atoms with Crippen molar-refractivity contribution in [2.24, 2.45) is 22.7 Å². The molecule has 2 aliphatic heterocycles. The van der Waals surface area contributed by atoms with E-state index in [0.29, 0.717) is 44.9 Å². The largest absolute Gasteiger partial charge is 0.431 e. The van der Waals surface area contributed by atoms with Crippen LogP contribution >= 0.6 is 0 Å². The van der Waals surface area contributed by atoms with Crippen LogP contribution in [0.1, 0.15) is 83.1 Å². The second kappa shape index (κ2) is 13.5. The summed E-state index contributed by atoms with van der Waals surface area (Å²) in [5, 5.41) is 87.1. The van der Waals surface area contributed by atoms with E-state index >= 15 is 0 Å². The second-order valence-electron chi connectivity index (χ2n) is 16.3. The molecule has 0 amide bonds. The van der Waals surface area contributed by atoms with Crippen molar-refractivity contribution < 1.29 is 69.0 Å². The van der Waals surface area contributed by atoms with Crippen molar-refractivity contribution in [1.29, 1.82) is 0 Å². The minimum atomic E-state index is -1.72. The summed E-state index contributed by atoms with van der Waals surface area (Å²) >= 11 is 0. The van der Waals surface area contributed by atoms with Gasteiger partial charge in [0.2, 0.25) is 0 Å². The van der Waals surface area contributed by atoms with Crippen LogP contribution in [-0.4, -0.2) is 132 Å². The lowest BCUT2D eigenvalue weighted by Crippen LogP contribution is -2.69. The maximum Gasteiger partial charge on any atom is 0.335 e. The summed E-state index contributed by atoms with van der Waals surface area (Å²) in [5.74, 6) is -0.509. The van der Waals surface area contributed by atoms with E-state index in [1.807, 2.05) is 0 Å². The fraction of sp³-hybridized carbons (Fsp3) is 0.833. The minimum absolute atomic E-state index is 0.0215. The summed E-state index contributed by atoms with van der Waals surface area (Å²) in [7, 11) is 0. The van der Waals surface area contributed by atoms with Crippen LogP contribution in [0.25, 0.3) is 0 Å². The molecule has 286 valence electrons. The molecule has 8 N–H and O–H groups in total. The first-order valence-electron chi connectivity index (χ1n) is 18.3. The number of carbonyl (C=O) groups is 1. The Labute approximate surface area is 295 Å². The first-order chi connectivity index (χ1) is 24.1. The Morgan fingerprint density at radius 3 is 2.24 bits per heavy atom. The Balaban J connectivity index is 1.03. The van der Waals surface area contributed by atoms with E-state index in [2.05, 4.69) is 6.92 Å². The second-order valence-corrected chi connectivity index (χ2v) is 16.3. The quantitative estimate of drug-likeness (QED) is 0.127. The summed E-state index contributed by atoms with van der Waals surface area (Å²) in [6.45, 7) is 2.98. The van der Waals surface area contributed by atoms with Gasteiger partial charge in [0.25, 0.3) is 0 Å². The van der Waals surface area contributed by atoms with Crippen molar-refractivity contribution in [3.05, 3.63) is 34.4 Å². The van der Waals surface area contributed by atoms with Crippen molar-refractivity contribution in [2.45, 2.75) is 156 Å². The summed E-state index contributed by atoms with van der Waals surface area (Å²) in [4.78, 5) is 24.8. The lowest BCUT2D eigenvalue weighted by atomic mass is 9.41. The van der Waals surface area contributed by atoms with Gasteiger partial charge in [-0.3, -0.25) is 0 Å². The molecule has 4 saturated carbocycles. The number of ether oxygens (including phenoxy) is 4. The van der Waals surface area contributed by atoms with Gasteiger partial charge < -0.3 is 69.0 Å². The zero-order valence-corrected chi connectivity index (χ0v) is 28.9. The van der Waals surface area contributed by atoms with Gasteiger partial charge in [0, 0.05) is 17.9 Å². The van der Waals surface area contributed by atoms with Crippen LogP contribution in [0.2, 0.25) is 0 Å². The summed E-state index contributed by atoms with van der Waals surface area (Å²) < 4.78 is 28.4. The highest BCUT2D eigenvalue weighted by atomic mass is 16.7. The molecule has 1 aromatic rings. The summed E-state index contributed by atoms with van der Waals surface area (Å²) in [6.07, 6.45) is -8.77. The molecule has 7 rings (SSSR count). The van der Waals surface area contributed by atoms with Crippen molar-refractivity contribution in [2.75, 3.05) is 6.61 Å². The van der Waals surface area contributed by atoms with Crippen LogP contribution in [0.3, 0.4) is 0 Å². The Bertz CT molecular complexity index is 1470. The zero-order valence-electron chi connectivity index (χ0n) is 28.9. The number of aldehydes is 1. The maximum absolute atomic E-state index is 13.2. The lowest BCUT2D eigenvalue weighted by molar-refractivity contribution is -0.361. The van der Waals surface area contributed by atoms with Crippen molar-refractivity contribution in [3.8, 4) is 0 Å². The van der Waals surface area contributed by atoms with Gasteiger partial charge in [0.15, 0.2) is 12.6 Å². The van der Waals surface area contributed by atoms with E-state index in [1.54, 1.807) is 13.0 Å². The number of aliphatic hydroxyl groups is 8. The Morgan fingerprint density at radius 2 is 1.55 bits per heavy atom. The van der Waals surface area contributed by atoms with Crippen molar-refractivity contribution >= 4 is 6.29 Å². The van der Waals surface area contributed by atoms with Crippen LogP contribution in [-0.2, 0) is 23.7 Å². The number of fused-ring (bicyclic) bond motifs is 5. The zero-order chi connectivity index (χ0) is 36.7. The molecule has 0 aromatic carbocycles. The molecule has 18 atom stereocenters. The van der Waals surface area contributed by atoms with Gasteiger partial charge in [0.05, 0.1) is 41.7 Å². The van der Waals surface area contributed by atoms with Gasteiger partial charge >= 0.3 is 5.63 Å². The molecule has 51 heavy (non-hydrogen) atoms. The van der Waals surface area contributed by atoms with E-state index in [4.69, 9.17) is 23.4 Å². The number of hydrogen-bond acceptors (Lipinski definition) is 15. The Hall–Kier alpha value is -1.86. The third-order valence-electron chi connectivity index (χ3n) is 14.1. The smallest absolute Gasteiger partial charge is 0.335 e. The van der Waals surface area contributed by atoms with Gasteiger partial charge in [-0.25, -0.2) is 4.79 Å². The van der Waals surface area contributed by atoms with Crippen LogP contribution < -0.4 is 5.63 Å². The Morgan fingerprint density at radius 1 is 0.843 bits per heavy atom. The molecule has 15 nitrogen and oxygen atoms in total. The molecule has 2 saturated heterocycles. The molecule has 4 aliphatic carbocycles. The molecular formula is C36H52O15. The van der Waals surface area contributed by atoms with Crippen LogP contribution in [0.4, 0.5) is 0 Å². The monoisotopic (exact) mass is 724 g/mol. The van der Waals surface area contributed by atoms with Crippen molar-refractivity contribution in [1.82, 2.24) is 0 Å². The van der Waals surface area contributed by atoms with E-state index in [-0.39, 0.29) is 30.6 Å². The molecule has 0 radical (unpaired) electrons. The van der Waals surface area contributed by atoms with Gasteiger partial charge in [-0.2, -0.15) is 0 Å². The Kier molecular flexibility index (Phi) is 9.89. The number of rotatable bonds is 7. The highest BCUT2D eigenvalue weighted by Crippen LogP contribution is 2.71. The predicted molar refractivity (Wildman–Crippen MR) is 173 cm³/mol. The van der Waals surface area contributed by atoms with E-state index < -0.39 is 102 Å². The van der Waals surface area contributed by atoms with Gasteiger partial charge in [-0.15, -0.1) is 0 Å². The average Bonchev–Trinajstić information content (AvgIpc) is 3.39. The van der Waals surface area contributed by atoms with Crippen LogP contribution in [0, 0.1) is 22.7 Å². The third-order valence-corrected chi connectivity index (χ3v) is 14.1. The highest BCUT2D eigenvalue weighted by Gasteiger charge is 2.71. The molecule has 0 unspecified atom stereocenters. The first kappa shape index (κ1) is 37.5. The molecule has 0 spiro atoms. The van der Waals surface area contributed by atoms with Gasteiger partial charge in [-0.05, 0) is 87.7 Å². The molecule has 15 heteroatoms. The molecule has 0 bridgehead atoms. The normalized spacial score (nSPS) is 52.7. The fourth-order valence-electron chi connectivity index (χ4n) is 11.2. The number of aliphatic hydroxyl groups excluding tert-OH is 6. The lowest BCUT2D eigenvalue weighted by Gasteiger charge is -2.65. The summed E-state index contributed by atoms with van der Waals surface area (Å²) in [6, 6.07) is 3.17. The summed E-state index contributed by atoms with van der Waals surface area (Å²) in [5.41, 5.74) is -3.71. The van der Waals surface area contributed by atoms with E-state index in [9.17, 15) is 50.4 Å².